The van der Waals surface area contributed by atoms with Crippen LogP contribution in [0.4, 0.5) is 5.82 Å². The second-order valence-corrected chi connectivity index (χ2v) is 7.28. The molecule has 0 aromatic carbocycles. The van der Waals surface area contributed by atoms with E-state index in [0.717, 1.165) is 25.9 Å². The van der Waals surface area contributed by atoms with E-state index in [-0.39, 0.29) is 11.7 Å². The fraction of sp³-hybridized carbons (Fsp3) is 0.625. The van der Waals surface area contributed by atoms with Gasteiger partial charge in [-0.25, -0.2) is 4.98 Å². The number of likely N-dealkylation sites (tertiary alicyclic amines) is 1. The van der Waals surface area contributed by atoms with E-state index in [1.807, 2.05) is 4.90 Å². The molecule has 0 saturated carbocycles. The van der Waals surface area contributed by atoms with Crippen molar-refractivity contribution in [3.63, 3.8) is 0 Å². The van der Waals surface area contributed by atoms with Crippen molar-refractivity contribution >= 4 is 23.3 Å². The fourth-order valence-electron chi connectivity index (χ4n) is 2.91. The summed E-state index contributed by atoms with van der Waals surface area (Å²) in [6.07, 6.45) is 4.78. The molecule has 1 atom stereocenters. The first-order chi connectivity index (χ1) is 9.79. The second kappa shape index (κ2) is 6.22. The lowest BCUT2D eigenvalue weighted by molar-refractivity contribution is 0.0755. The molecule has 1 amide bonds. The molecular formula is C16H24ClN3O. The number of amides is 1. The van der Waals surface area contributed by atoms with Gasteiger partial charge in [-0.05, 0) is 36.7 Å². The fourth-order valence-corrected chi connectivity index (χ4v) is 3.08. The second-order valence-electron chi connectivity index (χ2n) is 6.88. The van der Waals surface area contributed by atoms with Crippen LogP contribution in [0.25, 0.3) is 0 Å². The Kier molecular flexibility index (Phi) is 4.77. The zero-order valence-electron chi connectivity index (χ0n) is 13.0. The van der Waals surface area contributed by atoms with E-state index in [2.05, 4.69) is 25.8 Å². The average molecular weight is 310 g/mol. The Balaban J connectivity index is 2.08. The van der Waals surface area contributed by atoms with Crippen LogP contribution < -0.4 is 5.73 Å². The van der Waals surface area contributed by atoms with Crippen molar-refractivity contribution in [3.05, 3.63) is 22.8 Å². The highest BCUT2D eigenvalue weighted by Crippen LogP contribution is 2.34. The van der Waals surface area contributed by atoms with Gasteiger partial charge in [-0.2, -0.15) is 0 Å². The minimum Gasteiger partial charge on any atom is -0.382 e. The number of aromatic nitrogens is 1. The van der Waals surface area contributed by atoms with Crippen molar-refractivity contribution in [2.24, 2.45) is 11.3 Å². The van der Waals surface area contributed by atoms with E-state index >= 15 is 0 Å². The Morgan fingerprint density at radius 2 is 2.10 bits per heavy atom. The highest BCUT2D eigenvalue weighted by molar-refractivity contribution is 6.33. The van der Waals surface area contributed by atoms with Gasteiger partial charge in [-0.3, -0.25) is 4.79 Å². The normalized spacial score (nSPS) is 20.2. The van der Waals surface area contributed by atoms with Gasteiger partial charge in [0.2, 0.25) is 0 Å². The monoisotopic (exact) mass is 309 g/mol. The van der Waals surface area contributed by atoms with Crippen LogP contribution in [0.5, 0.6) is 0 Å². The number of pyridine rings is 1. The summed E-state index contributed by atoms with van der Waals surface area (Å²) in [5.41, 5.74) is 6.40. The molecule has 1 aromatic heterocycles. The molecule has 1 saturated heterocycles. The molecule has 0 radical (unpaired) electrons. The van der Waals surface area contributed by atoms with Crippen molar-refractivity contribution < 1.29 is 4.79 Å². The van der Waals surface area contributed by atoms with E-state index < -0.39 is 0 Å². The standard InChI is InChI=1S/C16H24ClN3O/c1-16(2,3)12-5-4-7-20(8-6-12)15(21)11-9-13(17)14(18)19-10-11/h9-10,12H,4-8H2,1-3H3,(H2,18,19)/t12-/m0/s1. The van der Waals surface area contributed by atoms with E-state index in [9.17, 15) is 4.79 Å². The molecule has 5 heteroatoms. The molecule has 0 aliphatic carbocycles. The summed E-state index contributed by atoms with van der Waals surface area (Å²) in [7, 11) is 0. The number of rotatable bonds is 1. The predicted octanol–water partition coefficient (Wildman–Crippen LogP) is 3.61. The van der Waals surface area contributed by atoms with E-state index in [1.54, 1.807) is 6.07 Å². The average Bonchev–Trinajstić information content (AvgIpc) is 2.66. The molecule has 0 bridgehead atoms. The van der Waals surface area contributed by atoms with Gasteiger partial charge in [0.1, 0.15) is 5.82 Å². The molecule has 1 aliphatic heterocycles. The maximum absolute atomic E-state index is 12.6. The van der Waals surface area contributed by atoms with Gasteiger partial charge in [0.25, 0.3) is 5.91 Å². The number of nitrogens with zero attached hydrogens (tertiary/aromatic N) is 2. The summed E-state index contributed by atoms with van der Waals surface area (Å²) in [5.74, 6) is 0.916. The van der Waals surface area contributed by atoms with Gasteiger partial charge in [0, 0.05) is 19.3 Å². The first kappa shape index (κ1) is 16.1. The number of anilines is 1. The Labute approximate surface area is 131 Å². The van der Waals surface area contributed by atoms with Crippen molar-refractivity contribution in [2.45, 2.75) is 40.0 Å². The third-order valence-corrected chi connectivity index (χ3v) is 4.66. The van der Waals surface area contributed by atoms with Crippen LogP contribution in [0.1, 0.15) is 50.4 Å². The Morgan fingerprint density at radius 3 is 2.71 bits per heavy atom. The zero-order valence-corrected chi connectivity index (χ0v) is 13.8. The van der Waals surface area contributed by atoms with Gasteiger partial charge in [0.15, 0.2) is 0 Å². The molecule has 116 valence electrons. The molecule has 0 spiro atoms. The third-order valence-electron chi connectivity index (χ3n) is 4.36. The van der Waals surface area contributed by atoms with Crippen LogP contribution in [0, 0.1) is 11.3 Å². The number of halogens is 1. The lowest BCUT2D eigenvalue weighted by Crippen LogP contribution is -2.32. The summed E-state index contributed by atoms with van der Waals surface area (Å²) in [6.45, 7) is 8.42. The molecule has 2 N–H and O–H groups in total. The highest BCUT2D eigenvalue weighted by Gasteiger charge is 2.28. The van der Waals surface area contributed by atoms with Crippen molar-refractivity contribution in [1.82, 2.24) is 9.88 Å². The van der Waals surface area contributed by atoms with Crippen LogP contribution in [0.3, 0.4) is 0 Å². The molecule has 1 aliphatic rings. The summed E-state index contributed by atoms with van der Waals surface area (Å²) < 4.78 is 0. The van der Waals surface area contributed by atoms with Gasteiger partial charge in [0.05, 0.1) is 10.6 Å². The van der Waals surface area contributed by atoms with E-state index in [1.165, 1.54) is 12.6 Å². The number of nitrogens with two attached hydrogens (primary N) is 1. The van der Waals surface area contributed by atoms with Crippen LogP contribution in [0.2, 0.25) is 5.02 Å². The Morgan fingerprint density at radius 1 is 1.38 bits per heavy atom. The summed E-state index contributed by atoms with van der Waals surface area (Å²) >= 11 is 5.95. The smallest absolute Gasteiger partial charge is 0.255 e. The molecule has 2 rings (SSSR count). The minimum atomic E-state index is -0.000964. The van der Waals surface area contributed by atoms with E-state index in [0.29, 0.717) is 21.9 Å². The number of carbonyl (C=O) groups excluding carboxylic acids is 1. The molecule has 2 heterocycles. The van der Waals surface area contributed by atoms with Gasteiger partial charge < -0.3 is 10.6 Å². The van der Waals surface area contributed by atoms with Crippen LogP contribution in [-0.2, 0) is 0 Å². The molecule has 1 aromatic rings. The molecule has 0 unspecified atom stereocenters. The van der Waals surface area contributed by atoms with Crippen molar-refractivity contribution in [3.8, 4) is 0 Å². The summed E-state index contributed by atoms with van der Waals surface area (Å²) in [4.78, 5) is 18.4. The number of hydrogen-bond donors (Lipinski definition) is 1. The van der Waals surface area contributed by atoms with Crippen LogP contribution >= 0.6 is 11.6 Å². The maximum atomic E-state index is 12.6. The van der Waals surface area contributed by atoms with Gasteiger partial charge in [-0.1, -0.05) is 32.4 Å². The van der Waals surface area contributed by atoms with Crippen LogP contribution in [-0.4, -0.2) is 28.9 Å². The first-order valence-electron chi connectivity index (χ1n) is 7.49. The van der Waals surface area contributed by atoms with Crippen molar-refractivity contribution in [1.29, 1.82) is 0 Å². The van der Waals surface area contributed by atoms with Crippen molar-refractivity contribution in [2.75, 3.05) is 18.8 Å². The highest BCUT2D eigenvalue weighted by atomic mass is 35.5. The predicted molar refractivity (Wildman–Crippen MR) is 86.4 cm³/mol. The van der Waals surface area contributed by atoms with E-state index in [4.69, 9.17) is 17.3 Å². The topological polar surface area (TPSA) is 59.2 Å². The number of hydrogen-bond acceptors (Lipinski definition) is 3. The lowest BCUT2D eigenvalue weighted by Gasteiger charge is -2.29. The minimum absolute atomic E-state index is 0.000964. The SMILES string of the molecule is CC(C)(C)[C@H]1CCCN(C(=O)c2cnc(N)c(Cl)c2)CC1. The van der Waals surface area contributed by atoms with Gasteiger partial charge >= 0.3 is 0 Å². The maximum Gasteiger partial charge on any atom is 0.255 e. The Bertz CT molecular complexity index is 525. The molecule has 4 nitrogen and oxygen atoms in total. The Hall–Kier alpha value is -1.29. The lowest BCUT2D eigenvalue weighted by atomic mass is 9.77. The van der Waals surface area contributed by atoms with Crippen LogP contribution in [0.15, 0.2) is 12.3 Å². The quantitative estimate of drug-likeness (QED) is 0.862. The molecular weight excluding hydrogens is 286 g/mol. The summed E-state index contributed by atoms with van der Waals surface area (Å²) in [5, 5.41) is 0.336. The number of carbonyl (C=O) groups is 1. The largest absolute Gasteiger partial charge is 0.382 e. The zero-order chi connectivity index (χ0) is 15.6. The first-order valence-corrected chi connectivity index (χ1v) is 7.87. The molecule has 21 heavy (non-hydrogen) atoms. The van der Waals surface area contributed by atoms with Gasteiger partial charge in [-0.15, -0.1) is 0 Å². The summed E-state index contributed by atoms with van der Waals surface area (Å²) in [6, 6.07) is 1.61. The third kappa shape index (κ3) is 3.88. The molecule has 1 fully saturated rings. The number of nitrogen functional groups attached to an aromatic ring is 1.